The summed E-state index contributed by atoms with van der Waals surface area (Å²) in [5.74, 6) is 2.44. The maximum absolute atomic E-state index is 6.88. The lowest BCUT2D eigenvalue weighted by atomic mass is 9.76. The molecule has 2 aromatic heterocycles. The van der Waals surface area contributed by atoms with E-state index in [0.717, 1.165) is 58.0 Å². The first-order chi connectivity index (χ1) is 30.0. The van der Waals surface area contributed by atoms with Crippen LogP contribution in [0.15, 0.2) is 0 Å². The maximum atomic E-state index is 6.88. The Bertz CT molecular complexity index is 1940. The second kappa shape index (κ2) is 18.0. The molecular formula is C50H90B2N14. The third kappa shape index (κ3) is 11.1. The van der Waals surface area contributed by atoms with Crippen LogP contribution in [0, 0.1) is 6.92 Å². The molecule has 66 heavy (non-hydrogen) atoms. The Kier molecular flexibility index (Phi) is 14.4. The van der Waals surface area contributed by atoms with Crippen LogP contribution in [0.5, 0.6) is 0 Å². The summed E-state index contributed by atoms with van der Waals surface area (Å²) in [5, 5.41) is 4.10. The van der Waals surface area contributed by atoms with Crippen molar-refractivity contribution in [3.05, 3.63) is 11.6 Å². The van der Waals surface area contributed by atoms with Crippen LogP contribution in [0.4, 0.5) is 11.9 Å². The fraction of sp³-hybridized carbons (Fsp3) is 0.880. The lowest BCUT2D eigenvalue weighted by Gasteiger charge is -2.57. The Balaban J connectivity index is 1.45. The Morgan fingerprint density at radius 3 is 1.18 bits per heavy atom. The van der Waals surface area contributed by atoms with E-state index >= 15 is 0 Å². The van der Waals surface area contributed by atoms with Crippen LogP contribution in [-0.2, 0) is 6.54 Å². The Morgan fingerprint density at radius 2 is 0.803 bits per heavy atom. The Hall–Kier alpha value is -2.49. The van der Waals surface area contributed by atoms with Gasteiger partial charge in [-0.3, -0.25) is 24.5 Å². The number of piperidine rings is 4. The normalized spacial score (nSPS) is 26.2. The third-order valence-electron chi connectivity index (χ3n) is 17.8. The molecule has 0 bridgehead atoms. The van der Waals surface area contributed by atoms with Crippen LogP contribution in [0.3, 0.4) is 0 Å². The SMILES string of the molecule is [B]c1nc(C)nc(N(CN(c2nc([B])nc(CN(CNC3CC(C)(C)N(C)C(C)(C)C3)C3CC(C)(C)N(C)C(C)(C)C3)n2)C2CC(C)(C)N(C)C(C)(C)C2)C2CC(C)(C)N(C)C(C)(C)C2)n1. The van der Waals surface area contributed by atoms with Gasteiger partial charge in [-0.1, -0.05) is 0 Å². The molecule has 0 aromatic carbocycles. The van der Waals surface area contributed by atoms with Gasteiger partial charge >= 0.3 is 0 Å². The molecule has 2 aromatic rings. The van der Waals surface area contributed by atoms with Gasteiger partial charge in [0.15, 0.2) is 15.7 Å². The average Bonchev–Trinajstić information content (AvgIpc) is 3.14. The molecular weight excluding hydrogens is 818 g/mol. The zero-order valence-electron chi connectivity index (χ0n) is 45.6. The van der Waals surface area contributed by atoms with Crippen LogP contribution >= 0.6 is 0 Å². The van der Waals surface area contributed by atoms with E-state index < -0.39 is 0 Å². The molecule has 0 aliphatic carbocycles. The molecule has 14 nitrogen and oxygen atoms in total. The van der Waals surface area contributed by atoms with Gasteiger partial charge < -0.3 is 15.1 Å². The van der Waals surface area contributed by atoms with Crippen LogP contribution in [-0.4, -0.2) is 180 Å². The summed E-state index contributed by atoms with van der Waals surface area (Å²) in [5.41, 5.74) is 0.146. The van der Waals surface area contributed by atoms with E-state index in [1.54, 1.807) is 0 Å². The highest BCUT2D eigenvalue weighted by atomic mass is 15.4. The van der Waals surface area contributed by atoms with E-state index in [1.165, 1.54) is 0 Å². The van der Waals surface area contributed by atoms with Gasteiger partial charge in [-0.25, -0.2) is 19.9 Å². The molecule has 366 valence electrons. The van der Waals surface area contributed by atoms with Gasteiger partial charge in [0.2, 0.25) is 11.9 Å². The van der Waals surface area contributed by atoms with E-state index in [1.807, 2.05) is 6.92 Å². The molecule has 0 spiro atoms. The van der Waals surface area contributed by atoms with Gasteiger partial charge in [0.25, 0.3) is 0 Å². The number of hydrogen-bond acceptors (Lipinski definition) is 14. The number of hydrogen-bond donors (Lipinski definition) is 1. The number of aromatic nitrogens is 6. The molecule has 4 saturated heterocycles. The minimum atomic E-state index is -0.115. The molecule has 4 aliphatic rings. The quantitative estimate of drug-likeness (QED) is 0.223. The summed E-state index contributed by atoms with van der Waals surface area (Å²) in [6.45, 7) is 41.4. The van der Waals surface area contributed by atoms with Gasteiger partial charge in [0.1, 0.15) is 11.6 Å². The summed E-state index contributed by atoms with van der Waals surface area (Å²) in [6.07, 6.45) is 7.76. The summed E-state index contributed by atoms with van der Waals surface area (Å²) < 4.78 is 0. The standard InChI is InChI=1S/C50H90B2N14/c1-33-54-39(51)58-41(55-33)65(36-26-47(10,11)62(20)48(12,13)27-36)32-66(37-28-49(14,15)63(21)50(16,17)29-37)42-57-38(56-40(52)59-42)30-64(35-24-45(6,7)61(19)46(8,9)25-35)31-53-34-22-43(2,3)60(18)44(4,5)23-34/h34-37,53H,22-32H2,1-21H3. The highest BCUT2D eigenvalue weighted by Gasteiger charge is 2.50. The molecule has 4 fully saturated rings. The van der Waals surface area contributed by atoms with Crippen molar-refractivity contribution in [1.82, 2.24) is 59.7 Å². The van der Waals surface area contributed by atoms with E-state index in [0.29, 0.717) is 42.8 Å². The van der Waals surface area contributed by atoms with Crippen molar-refractivity contribution >= 4 is 39.0 Å². The molecule has 0 amide bonds. The first kappa shape index (κ1) is 52.9. The zero-order valence-corrected chi connectivity index (χ0v) is 45.6. The van der Waals surface area contributed by atoms with E-state index in [2.05, 4.69) is 184 Å². The maximum Gasteiger partial charge on any atom is 0.229 e. The average molecular weight is 909 g/mol. The van der Waals surface area contributed by atoms with E-state index in [4.69, 9.17) is 40.6 Å². The number of rotatable bonds is 12. The lowest BCUT2D eigenvalue weighted by molar-refractivity contribution is -0.0559. The van der Waals surface area contributed by atoms with Crippen molar-refractivity contribution in [3.8, 4) is 0 Å². The Labute approximate surface area is 404 Å². The first-order valence-corrected chi connectivity index (χ1v) is 24.9. The molecule has 4 radical (unpaired) electrons. The molecule has 6 heterocycles. The largest absolute Gasteiger partial charge is 0.320 e. The fourth-order valence-electron chi connectivity index (χ4n) is 13.0. The van der Waals surface area contributed by atoms with E-state index in [9.17, 15) is 0 Å². The number of nitrogens with one attached hydrogen (secondary N) is 1. The van der Waals surface area contributed by atoms with Gasteiger partial charge in [-0.05, 0) is 197 Å². The van der Waals surface area contributed by atoms with Gasteiger partial charge in [0.05, 0.1) is 24.7 Å². The van der Waals surface area contributed by atoms with Crippen molar-refractivity contribution in [2.75, 3.05) is 51.3 Å². The minimum absolute atomic E-state index is 0.00662. The summed E-state index contributed by atoms with van der Waals surface area (Å²) >= 11 is 0. The third-order valence-corrected chi connectivity index (χ3v) is 17.8. The van der Waals surface area contributed by atoms with Crippen molar-refractivity contribution in [1.29, 1.82) is 0 Å². The van der Waals surface area contributed by atoms with Crippen molar-refractivity contribution in [2.24, 2.45) is 0 Å². The van der Waals surface area contributed by atoms with E-state index in [-0.39, 0.29) is 73.9 Å². The molecule has 4 aliphatic heterocycles. The molecule has 0 atom stereocenters. The molecule has 0 unspecified atom stereocenters. The summed E-state index contributed by atoms with van der Waals surface area (Å²) in [6, 6.07) is 0.775. The topological polar surface area (TPSA) is 112 Å². The number of likely N-dealkylation sites (tertiary alicyclic amines) is 4. The summed E-state index contributed by atoms with van der Waals surface area (Å²) in [7, 11) is 22.4. The minimum Gasteiger partial charge on any atom is -0.320 e. The predicted octanol–water partition coefficient (Wildman–Crippen LogP) is 5.18. The highest BCUT2D eigenvalue weighted by molar-refractivity contribution is 6.29. The second-order valence-electron chi connectivity index (χ2n) is 26.2. The van der Waals surface area contributed by atoms with Crippen LogP contribution in [0.2, 0.25) is 0 Å². The fourth-order valence-corrected chi connectivity index (χ4v) is 13.0. The molecule has 0 saturated carbocycles. The smallest absolute Gasteiger partial charge is 0.229 e. The number of nitrogens with zero attached hydrogens (tertiary/aromatic N) is 13. The van der Waals surface area contributed by atoms with Crippen molar-refractivity contribution in [3.63, 3.8) is 0 Å². The van der Waals surface area contributed by atoms with Gasteiger partial charge in [-0.15, -0.1) is 0 Å². The summed E-state index contributed by atoms with van der Waals surface area (Å²) in [4.78, 5) is 47.3. The molecule has 1 N–H and O–H groups in total. The molecule has 6 rings (SSSR count). The van der Waals surface area contributed by atoms with Gasteiger partial charge in [-0.2, -0.15) is 9.97 Å². The first-order valence-electron chi connectivity index (χ1n) is 24.9. The number of aryl methyl sites for hydroxylation is 1. The monoisotopic (exact) mass is 909 g/mol. The second-order valence-corrected chi connectivity index (χ2v) is 26.2. The van der Waals surface area contributed by atoms with Crippen molar-refractivity contribution in [2.45, 2.75) is 244 Å². The Morgan fingerprint density at radius 1 is 0.470 bits per heavy atom. The van der Waals surface area contributed by atoms with Crippen LogP contribution in [0.1, 0.15) is 174 Å². The lowest BCUT2D eigenvalue weighted by Crippen LogP contribution is -2.66. The predicted molar refractivity (Wildman–Crippen MR) is 274 cm³/mol. The molecule has 16 heteroatoms. The van der Waals surface area contributed by atoms with Crippen LogP contribution < -0.4 is 26.6 Å². The van der Waals surface area contributed by atoms with Crippen molar-refractivity contribution < 1.29 is 0 Å². The van der Waals surface area contributed by atoms with Gasteiger partial charge in [0, 0.05) is 75.1 Å². The van der Waals surface area contributed by atoms with Crippen LogP contribution in [0.25, 0.3) is 0 Å². The highest BCUT2D eigenvalue weighted by Crippen LogP contribution is 2.44. The zero-order chi connectivity index (χ0) is 49.5. The number of anilines is 2.